The molecule has 2 aromatic heterocycles. The number of hydrogen-bond acceptors (Lipinski definition) is 7. The highest BCUT2D eigenvalue weighted by Gasteiger charge is 2.21. The van der Waals surface area contributed by atoms with Crippen molar-refractivity contribution < 1.29 is 4.79 Å². The van der Waals surface area contributed by atoms with Gasteiger partial charge >= 0.3 is 0 Å². The number of nitrogens with zero attached hydrogens (tertiary/aromatic N) is 5. The Bertz CT molecular complexity index is 1100. The first-order valence-corrected chi connectivity index (χ1v) is 11.1. The quantitative estimate of drug-likeness (QED) is 0.644. The maximum atomic E-state index is 12.4. The second-order valence-electron chi connectivity index (χ2n) is 7.52. The summed E-state index contributed by atoms with van der Waals surface area (Å²) >= 11 is 1.53. The van der Waals surface area contributed by atoms with Crippen LogP contribution in [0.25, 0.3) is 0 Å². The Labute approximate surface area is 186 Å². The number of pyridine rings is 1. The molecule has 4 rings (SSSR count). The number of para-hydroxylation sites is 1. The van der Waals surface area contributed by atoms with Crippen molar-refractivity contribution in [2.75, 3.05) is 36.4 Å². The number of anilines is 2. The van der Waals surface area contributed by atoms with Crippen LogP contribution < -0.4 is 10.2 Å². The minimum Gasteiger partial charge on any atom is -0.353 e. The predicted octanol–water partition coefficient (Wildman–Crippen LogP) is 3.22. The fraction of sp³-hybridized carbons (Fsp3) is 0.304. The molecule has 1 saturated heterocycles. The van der Waals surface area contributed by atoms with Crippen LogP contribution in [0.1, 0.15) is 21.8 Å². The molecule has 3 aromatic rings. The number of hydrogen-bond donors (Lipinski definition) is 1. The van der Waals surface area contributed by atoms with Crippen LogP contribution in [0, 0.1) is 18.3 Å². The van der Waals surface area contributed by atoms with Gasteiger partial charge in [-0.3, -0.25) is 9.69 Å². The minimum atomic E-state index is -0.0486. The van der Waals surface area contributed by atoms with E-state index in [4.69, 9.17) is 0 Å². The number of nitriles is 1. The minimum absolute atomic E-state index is 0.0486. The molecule has 7 nitrogen and oxygen atoms in total. The van der Waals surface area contributed by atoms with Crippen molar-refractivity contribution in [3.63, 3.8) is 0 Å². The Balaban J connectivity index is 1.28. The van der Waals surface area contributed by atoms with Gasteiger partial charge in [0.15, 0.2) is 0 Å². The van der Waals surface area contributed by atoms with Crippen LogP contribution in [0.15, 0.2) is 48.0 Å². The van der Waals surface area contributed by atoms with E-state index >= 15 is 0 Å². The smallest absolute Gasteiger partial charge is 0.231 e. The lowest BCUT2D eigenvalue weighted by Gasteiger charge is -2.35. The summed E-state index contributed by atoms with van der Waals surface area (Å²) in [6, 6.07) is 13.6. The highest BCUT2D eigenvalue weighted by atomic mass is 32.1. The maximum Gasteiger partial charge on any atom is 0.231 e. The molecular weight excluding hydrogens is 408 g/mol. The van der Waals surface area contributed by atoms with Gasteiger partial charge in [-0.25, -0.2) is 9.97 Å². The normalized spacial score (nSPS) is 14.3. The molecule has 158 valence electrons. The second kappa shape index (κ2) is 9.69. The average molecular weight is 433 g/mol. The SMILES string of the molecule is Cc1ccccc1NC(=O)Cc1nc(CN2CCN(c3ncccc3C#N)CC2)cs1. The van der Waals surface area contributed by atoms with Crippen molar-refractivity contribution in [3.8, 4) is 6.07 Å². The first kappa shape index (κ1) is 21.0. The number of amides is 1. The molecule has 8 heteroatoms. The maximum absolute atomic E-state index is 12.4. The van der Waals surface area contributed by atoms with Gasteiger partial charge in [-0.05, 0) is 30.7 Å². The molecule has 1 amide bonds. The van der Waals surface area contributed by atoms with E-state index in [0.717, 1.165) is 60.5 Å². The molecule has 0 spiro atoms. The van der Waals surface area contributed by atoms with Gasteiger partial charge in [-0.2, -0.15) is 5.26 Å². The fourth-order valence-corrected chi connectivity index (χ4v) is 4.41. The first-order valence-electron chi connectivity index (χ1n) is 10.2. The van der Waals surface area contributed by atoms with Gasteiger partial charge in [0.25, 0.3) is 0 Å². The van der Waals surface area contributed by atoms with E-state index in [2.05, 4.69) is 31.2 Å². The van der Waals surface area contributed by atoms with Gasteiger partial charge in [0.2, 0.25) is 5.91 Å². The molecule has 0 radical (unpaired) electrons. The predicted molar refractivity (Wildman–Crippen MR) is 122 cm³/mol. The Morgan fingerprint density at radius 2 is 2.00 bits per heavy atom. The van der Waals surface area contributed by atoms with Crippen LogP contribution in [0.3, 0.4) is 0 Å². The van der Waals surface area contributed by atoms with Gasteiger partial charge in [0.1, 0.15) is 16.9 Å². The van der Waals surface area contributed by atoms with E-state index in [9.17, 15) is 10.1 Å². The van der Waals surface area contributed by atoms with Crippen molar-refractivity contribution >= 4 is 28.7 Å². The molecule has 0 saturated carbocycles. The summed E-state index contributed by atoms with van der Waals surface area (Å²) in [5.41, 5.74) is 3.49. The molecule has 1 fully saturated rings. The van der Waals surface area contributed by atoms with Crippen LogP contribution >= 0.6 is 11.3 Å². The van der Waals surface area contributed by atoms with Gasteiger partial charge in [-0.15, -0.1) is 11.3 Å². The van der Waals surface area contributed by atoms with E-state index < -0.39 is 0 Å². The van der Waals surface area contributed by atoms with Crippen molar-refractivity contribution in [2.24, 2.45) is 0 Å². The lowest BCUT2D eigenvalue weighted by atomic mass is 10.2. The molecule has 1 aliphatic rings. The zero-order valence-electron chi connectivity index (χ0n) is 17.4. The third-order valence-corrected chi connectivity index (χ3v) is 6.19. The Morgan fingerprint density at radius 1 is 1.19 bits per heavy atom. The lowest BCUT2D eigenvalue weighted by molar-refractivity contribution is -0.115. The Kier molecular flexibility index (Phi) is 6.55. The van der Waals surface area contributed by atoms with Gasteiger partial charge in [0, 0.05) is 50.0 Å². The summed E-state index contributed by atoms with van der Waals surface area (Å²) in [4.78, 5) is 25.9. The molecule has 0 bridgehead atoms. The summed E-state index contributed by atoms with van der Waals surface area (Å²) in [6.45, 7) is 6.14. The molecular formula is C23H24N6OS. The summed E-state index contributed by atoms with van der Waals surface area (Å²) in [5.74, 6) is 0.715. The van der Waals surface area contributed by atoms with E-state index in [0.29, 0.717) is 5.56 Å². The van der Waals surface area contributed by atoms with Crippen LogP contribution in [-0.4, -0.2) is 47.0 Å². The molecule has 31 heavy (non-hydrogen) atoms. The van der Waals surface area contributed by atoms with Crippen molar-refractivity contribution in [1.82, 2.24) is 14.9 Å². The molecule has 3 heterocycles. The third kappa shape index (κ3) is 5.26. The lowest BCUT2D eigenvalue weighted by Crippen LogP contribution is -2.46. The largest absolute Gasteiger partial charge is 0.353 e. The summed E-state index contributed by atoms with van der Waals surface area (Å²) < 4.78 is 0. The van der Waals surface area contributed by atoms with Crippen LogP contribution in [-0.2, 0) is 17.8 Å². The zero-order valence-corrected chi connectivity index (χ0v) is 18.2. The van der Waals surface area contributed by atoms with Gasteiger partial charge < -0.3 is 10.2 Å². The monoisotopic (exact) mass is 432 g/mol. The molecule has 1 N–H and O–H groups in total. The second-order valence-corrected chi connectivity index (χ2v) is 8.46. The number of carbonyl (C=O) groups is 1. The first-order chi connectivity index (χ1) is 15.1. The Morgan fingerprint density at radius 3 is 2.77 bits per heavy atom. The molecule has 1 aromatic carbocycles. The number of rotatable bonds is 6. The zero-order chi connectivity index (χ0) is 21.6. The number of carbonyl (C=O) groups excluding carboxylic acids is 1. The number of aryl methyl sites for hydroxylation is 1. The Hall–Kier alpha value is -3.28. The third-order valence-electron chi connectivity index (χ3n) is 5.29. The van der Waals surface area contributed by atoms with Crippen molar-refractivity contribution in [1.29, 1.82) is 5.26 Å². The molecule has 0 unspecified atom stereocenters. The average Bonchev–Trinajstić information content (AvgIpc) is 3.22. The van der Waals surface area contributed by atoms with Gasteiger partial charge in [0.05, 0.1) is 17.7 Å². The highest BCUT2D eigenvalue weighted by Crippen LogP contribution is 2.20. The summed E-state index contributed by atoms with van der Waals surface area (Å²) in [6.07, 6.45) is 2.01. The van der Waals surface area contributed by atoms with E-state index in [1.165, 1.54) is 11.3 Å². The standard InChI is InChI=1S/C23H24N6OS/c1-17-5-2-3-7-20(17)27-21(30)13-22-26-19(16-31-22)15-28-9-11-29(12-10-28)23-18(14-24)6-4-8-25-23/h2-8,16H,9-13,15H2,1H3,(H,27,30). The van der Waals surface area contributed by atoms with E-state index in [1.807, 2.05) is 36.6 Å². The number of nitrogens with one attached hydrogen (secondary N) is 1. The van der Waals surface area contributed by atoms with Gasteiger partial charge in [-0.1, -0.05) is 18.2 Å². The molecule has 0 atom stereocenters. The highest BCUT2D eigenvalue weighted by molar-refractivity contribution is 7.09. The van der Waals surface area contributed by atoms with Crippen molar-refractivity contribution in [3.05, 3.63) is 69.8 Å². The van der Waals surface area contributed by atoms with Crippen molar-refractivity contribution in [2.45, 2.75) is 19.9 Å². The number of aromatic nitrogens is 2. The summed E-state index contributed by atoms with van der Waals surface area (Å²) in [5, 5.41) is 15.1. The molecule has 1 aliphatic heterocycles. The number of benzene rings is 1. The molecule has 0 aliphatic carbocycles. The summed E-state index contributed by atoms with van der Waals surface area (Å²) in [7, 11) is 0. The fourth-order valence-electron chi connectivity index (χ4n) is 3.63. The van der Waals surface area contributed by atoms with Crippen LogP contribution in [0.5, 0.6) is 0 Å². The van der Waals surface area contributed by atoms with Crippen LogP contribution in [0.4, 0.5) is 11.5 Å². The number of piperazine rings is 1. The van der Waals surface area contributed by atoms with E-state index in [-0.39, 0.29) is 12.3 Å². The number of thiazole rings is 1. The topological polar surface area (TPSA) is 85.2 Å². The van der Waals surface area contributed by atoms with E-state index in [1.54, 1.807) is 18.3 Å². The van der Waals surface area contributed by atoms with Crippen LogP contribution in [0.2, 0.25) is 0 Å².